The normalized spacial score (nSPS) is 12.0. The molecule has 0 saturated carbocycles. The first-order valence-corrected chi connectivity index (χ1v) is 2.56. The second-order valence-corrected chi connectivity index (χ2v) is 1.80. The molecule has 0 heterocycles. The highest BCUT2D eigenvalue weighted by Gasteiger charge is 2.22. The smallest absolute Gasteiger partial charge is 0.312 e. The van der Waals surface area contributed by atoms with E-state index in [4.69, 9.17) is 0 Å². The zero-order chi connectivity index (χ0) is 5.91. The fourth-order valence-corrected chi connectivity index (χ4v) is 0.393. The summed E-state index contributed by atoms with van der Waals surface area (Å²) in [4.78, 5) is 0. The van der Waals surface area contributed by atoms with Gasteiger partial charge in [0.25, 0.3) is 0 Å². The van der Waals surface area contributed by atoms with Gasteiger partial charge in [0.05, 0.1) is 6.61 Å². The average molecular weight is 175 g/mol. The molecule has 0 aliphatic carbocycles. The summed E-state index contributed by atoms with van der Waals surface area (Å²) in [7, 11) is 0. The van der Waals surface area contributed by atoms with Crippen molar-refractivity contribution in [3.8, 4) is 0 Å². The van der Waals surface area contributed by atoms with Crippen molar-refractivity contribution in [1.82, 2.24) is 0 Å². The van der Waals surface area contributed by atoms with Gasteiger partial charge in [-0.1, -0.05) is 0 Å². The second-order valence-electron chi connectivity index (χ2n) is 0.879. The molecule has 0 rings (SSSR count). The molecule has 0 radical (unpaired) electrons. The van der Waals surface area contributed by atoms with E-state index < -0.39 is 5.02 Å². The zero-order valence-corrected chi connectivity index (χ0v) is 5.34. The summed E-state index contributed by atoms with van der Waals surface area (Å²) in [5.41, 5.74) is 0. The van der Waals surface area contributed by atoms with Crippen LogP contribution in [0.25, 0.3) is 0 Å². The quantitative estimate of drug-likeness (QED) is 0.583. The molecule has 0 saturated heterocycles. The lowest BCUT2D eigenvalue weighted by Crippen LogP contribution is -2.09. The van der Waals surface area contributed by atoms with Gasteiger partial charge in [0.15, 0.2) is 0 Å². The van der Waals surface area contributed by atoms with Crippen LogP contribution >= 0.6 is 15.9 Å². The van der Waals surface area contributed by atoms with Crippen molar-refractivity contribution < 1.29 is 13.5 Å². The SMILES string of the molecule is CCOC(F)(F)Br. The molecule has 0 amide bonds. The topological polar surface area (TPSA) is 9.23 Å². The summed E-state index contributed by atoms with van der Waals surface area (Å²) in [6.45, 7) is 1.51. The van der Waals surface area contributed by atoms with E-state index in [1.165, 1.54) is 6.92 Å². The van der Waals surface area contributed by atoms with Crippen molar-refractivity contribution in [2.45, 2.75) is 11.9 Å². The second kappa shape index (κ2) is 2.57. The lowest BCUT2D eigenvalue weighted by molar-refractivity contribution is -0.151. The van der Waals surface area contributed by atoms with Crippen LogP contribution in [0.3, 0.4) is 0 Å². The van der Waals surface area contributed by atoms with Crippen LogP contribution in [0.1, 0.15) is 6.92 Å². The van der Waals surface area contributed by atoms with Gasteiger partial charge in [-0.25, -0.2) is 0 Å². The fourth-order valence-electron chi connectivity index (χ4n) is 0.164. The zero-order valence-electron chi connectivity index (χ0n) is 3.75. The number of ether oxygens (including phenoxy) is 1. The van der Waals surface area contributed by atoms with Gasteiger partial charge in [-0.05, 0) is 6.92 Å². The van der Waals surface area contributed by atoms with E-state index in [9.17, 15) is 8.78 Å². The Morgan fingerprint density at radius 3 is 2.14 bits per heavy atom. The highest BCUT2D eigenvalue weighted by atomic mass is 79.9. The van der Waals surface area contributed by atoms with Gasteiger partial charge in [0.1, 0.15) is 0 Å². The Bertz CT molecular complexity index is 51.4. The van der Waals surface area contributed by atoms with Gasteiger partial charge >= 0.3 is 5.02 Å². The molecule has 44 valence electrons. The Labute approximate surface area is 48.8 Å². The molecular formula is C3H5BrF2O. The Balaban J connectivity index is 3.15. The van der Waals surface area contributed by atoms with Gasteiger partial charge in [-0.15, -0.1) is 0 Å². The standard InChI is InChI=1S/C3H5BrF2O/c1-2-7-3(4,5)6/h2H2,1H3. The van der Waals surface area contributed by atoms with E-state index in [1.807, 2.05) is 15.9 Å². The molecular weight excluding hydrogens is 170 g/mol. The van der Waals surface area contributed by atoms with Crippen LogP contribution in [0.5, 0.6) is 0 Å². The molecule has 0 aliphatic rings. The lowest BCUT2D eigenvalue weighted by Gasteiger charge is -2.04. The molecule has 0 fully saturated rings. The van der Waals surface area contributed by atoms with E-state index in [1.54, 1.807) is 0 Å². The monoisotopic (exact) mass is 174 g/mol. The third-order valence-corrected chi connectivity index (χ3v) is 0.537. The molecule has 4 heteroatoms. The molecule has 0 spiro atoms. The Morgan fingerprint density at radius 1 is 1.71 bits per heavy atom. The summed E-state index contributed by atoms with van der Waals surface area (Å²) in [5.74, 6) is 0. The molecule has 0 unspecified atom stereocenters. The molecule has 0 atom stereocenters. The summed E-state index contributed by atoms with van der Waals surface area (Å²) >= 11 is 1.98. The Morgan fingerprint density at radius 2 is 2.14 bits per heavy atom. The highest BCUT2D eigenvalue weighted by molar-refractivity contribution is 9.09. The summed E-state index contributed by atoms with van der Waals surface area (Å²) in [6.07, 6.45) is 0. The van der Waals surface area contributed by atoms with E-state index >= 15 is 0 Å². The van der Waals surface area contributed by atoms with Crippen molar-refractivity contribution in [3.05, 3.63) is 0 Å². The number of hydrogen-bond acceptors (Lipinski definition) is 1. The van der Waals surface area contributed by atoms with Crippen LogP contribution in [0, 0.1) is 0 Å². The van der Waals surface area contributed by atoms with Crippen LogP contribution in [0.15, 0.2) is 0 Å². The van der Waals surface area contributed by atoms with Crippen LogP contribution in [-0.4, -0.2) is 11.6 Å². The third kappa shape index (κ3) is 6.30. The Hall–Kier alpha value is 0.300. The van der Waals surface area contributed by atoms with Crippen LogP contribution < -0.4 is 0 Å². The third-order valence-electron chi connectivity index (χ3n) is 0.308. The molecule has 0 aromatic carbocycles. The van der Waals surface area contributed by atoms with E-state index in [0.29, 0.717) is 0 Å². The lowest BCUT2D eigenvalue weighted by atomic mass is 10.9. The number of alkyl halides is 3. The highest BCUT2D eigenvalue weighted by Crippen LogP contribution is 2.21. The Kier molecular flexibility index (Phi) is 2.68. The molecule has 1 nitrogen and oxygen atoms in total. The minimum absolute atomic E-state index is 0.0122. The molecule has 0 aromatic rings. The van der Waals surface area contributed by atoms with E-state index in [2.05, 4.69) is 4.74 Å². The van der Waals surface area contributed by atoms with Crippen molar-refractivity contribution in [2.75, 3.05) is 6.61 Å². The van der Waals surface area contributed by atoms with Gasteiger partial charge in [0.2, 0.25) is 0 Å². The van der Waals surface area contributed by atoms with Crippen molar-refractivity contribution >= 4 is 15.9 Å². The minimum atomic E-state index is -3.14. The molecule has 0 bridgehead atoms. The van der Waals surface area contributed by atoms with Crippen LogP contribution in [-0.2, 0) is 4.74 Å². The predicted molar refractivity (Wildman–Crippen MR) is 25.5 cm³/mol. The fraction of sp³-hybridized carbons (Fsp3) is 1.00. The predicted octanol–water partition coefficient (Wildman–Crippen LogP) is 1.97. The maximum absolute atomic E-state index is 11.4. The van der Waals surface area contributed by atoms with E-state index in [-0.39, 0.29) is 6.61 Å². The van der Waals surface area contributed by atoms with Gasteiger partial charge in [-0.2, -0.15) is 8.78 Å². The van der Waals surface area contributed by atoms with Crippen molar-refractivity contribution in [1.29, 1.82) is 0 Å². The number of rotatable bonds is 2. The maximum atomic E-state index is 11.4. The summed E-state index contributed by atoms with van der Waals surface area (Å²) in [5, 5.41) is -3.14. The minimum Gasteiger partial charge on any atom is -0.312 e. The van der Waals surface area contributed by atoms with Crippen molar-refractivity contribution in [3.63, 3.8) is 0 Å². The van der Waals surface area contributed by atoms with Gasteiger partial charge in [0, 0.05) is 15.9 Å². The maximum Gasteiger partial charge on any atom is 0.414 e. The summed E-state index contributed by atoms with van der Waals surface area (Å²) < 4.78 is 26.6. The molecule has 0 aliphatic heterocycles. The van der Waals surface area contributed by atoms with E-state index in [0.717, 1.165) is 0 Å². The molecule has 7 heavy (non-hydrogen) atoms. The average Bonchev–Trinajstić information content (AvgIpc) is 1.30. The van der Waals surface area contributed by atoms with Gasteiger partial charge in [-0.3, -0.25) is 0 Å². The van der Waals surface area contributed by atoms with Crippen LogP contribution in [0.4, 0.5) is 8.78 Å². The molecule has 0 aromatic heterocycles. The first kappa shape index (κ1) is 7.30. The first-order chi connectivity index (χ1) is 3.06. The first-order valence-electron chi connectivity index (χ1n) is 1.77. The summed E-state index contributed by atoms with van der Waals surface area (Å²) in [6, 6.07) is 0. The van der Waals surface area contributed by atoms with Gasteiger partial charge < -0.3 is 4.74 Å². The van der Waals surface area contributed by atoms with Crippen molar-refractivity contribution in [2.24, 2.45) is 0 Å². The largest absolute Gasteiger partial charge is 0.414 e. The molecule has 0 N–H and O–H groups in total. The number of hydrogen-bond donors (Lipinski definition) is 0. The van der Waals surface area contributed by atoms with Crippen LogP contribution in [0.2, 0.25) is 0 Å². The number of halogens is 3.